The van der Waals surface area contributed by atoms with Crippen LogP contribution in [0.25, 0.3) is 22.3 Å². The Kier molecular flexibility index (Phi) is 10.8. The van der Waals surface area contributed by atoms with E-state index < -0.39 is 11.9 Å². The Balaban J connectivity index is 0.902. The molecule has 0 atom stereocenters. The van der Waals surface area contributed by atoms with E-state index in [1.807, 2.05) is 84.9 Å². The second-order valence-corrected chi connectivity index (χ2v) is 11.7. The van der Waals surface area contributed by atoms with Crippen LogP contribution in [-0.4, -0.2) is 36.7 Å². The number of hydrogen-bond donors (Lipinski definition) is 0. The number of unbranched alkanes of at least 4 members (excludes halogenated alkanes) is 1. The topological polar surface area (TPSA) is 86.7 Å². The maximum absolute atomic E-state index is 13.0. The predicted octanol–water partition coefficient (Wildman–Crippen LogP) is 9.28. The van der Waals surface area contributed by atoms with Crippen LogP contribution in [0, 0.1) is 0 Å². The van der Waals surface area contributed by atoms with Crippen molar-refractivity contribution in [3.63, 3.8) is 0 Å². The third kappa shape index (κ3) is 8.35. The second-order valence-electron chi connectivity index (χ2n) is 11.7. The second kappa shape index (κ2) is 16.1. The lowest BCUT2D eigenvalue weighted by atomic mass is 9.99. The lowest BCUT2D eigenvalue weighted by Gasteiger charge is -2.08. The Morgan fingerprint density at radius 3 is 0.900 bits per heavy atom. The van der Waals surface area contributed by atoms with Gasteiger partial charge in [0.2, 0.25) is 0 Å². The molecule has 6 rings (SSSR count). The van der Waals surface area contributed by atoms with Crippen molar-refractivity contribution in [3.05, 3.63) is 191 Å². The third-order valence-corrected chi connectivity index (χ3v) is 8.28. The van der Waals surface area contributed by atoms with Gasteiger partial charge in [-0.3, -0.25) is 9.59 Å². The van der Waals surface area contributed by atoms with E-state index in [0.717, 1.165) is 22.3 Å². The summed E-state index contributed by atoms with van der Waals surface area (Å²) in [5, 5.41) is 0. The van der Waals surface area contributed by atoms with Crippen molar-refractivity contribution in [2.75, 3.05) is 13.2 Å². The van der Waals surface area contributed by atoms with Gasteiger partial charge in [-0.2, -0.15) is 0 Å². The summed E-state index contributed by atoms with van der Waals surface area (Å²) in [4.78, 5) is 51.0. The zero-order chi connectivity index (χ0) is 34.7. The first-order valence-electron chi connectivity index (χ1n) is 16.4. The molecule has 0 amide bonds. The number of carbonyl (C=O) groups is 4. The Labute approximate surface area is 291 Å². The fourth-order valence-corrected chi connectivity index (χ4v) is 5.44. The SMILES string of the molecule is O=C(OCCCCOC(=O)c1ccc(C(=O)c2ccc(-c3ccccc3)cc2)cc1)c1ccc(C(=O)c2ccc(-c3ccccc3)cc2)cc1. The summed E-state index contributed by atoms with van der Waals surface area (Å²) in [5.41, 5.74) is 6.99. The molecule has 0 aliphatic rings. The van der Waals surface area contributed by atoms with Crippen molar-refractivity contribution in [2.24, 2.45) is 0 Å². The van der Waals surface area contributed by atoms with Gasteiger partial charge in [0.05, 0.1) is 24.3 Å². The number of ketones is 2. The standard InChI is InChI=1S/C44H34O6/c45-41(35-17-13-33(14-18-35)31-9-3-1-4-10-31)37-21-25-39(26-22-37)43(47)49-29-7-8-30-50-44(48)40-27-23-38(24-28-40)42(46)36-19-15-34(16-20-36)32-11-5-2-6-12-32/h1-6,9-28H,7-8,29-30H2. The van der Waals surface area contributed by atoms with Crippen LogP contribution in [0.3, 0.4) is 0 Å². The number of hydrogen-bond acceptors (Lipinski definition) is 6. The Morgan fingerprint density at radius 1 is 0.320 bits per heavy atom. The van der Waals surface area contributed by atoms with Crippen molar-refractivity contribution in [1.29, 1.82) is 0 Å². The van der Waals surface area contributed by atoms with E-state index in [1.165, 1.54) is 0 Å². The molecular weight excluding hydrogens is 624 g/mol. The minimum atomic E-state index is -0.491. The summed E-state index contributed by atoms with van der Waals surface area (Å²) in [6.07, 6.45) is 1.01. The molecule has 0 radical (unpaired) electrons. The molecule has 6 heteroatoms. The maximum Gasteiger partial charge on any atom is 0.338 e. The lowest BCUT2D eigenvalue weighted by molar-refractivity contribution is 0.0432. The van der Waals surface area contributed by atoms with Gasteiger partial charge in [0.25, 0.3) is 0 Å². The minimum absolute atomic E-state index is 0.131. The van der Waals surface area contributed by atoms with E-state index in [9.17, 15) is 19.2 Å². The lowest BCUT2D eigenvalue weighted by Crippen LogP contribution is -2.10. The summed E-state index contributed by atoms with van der Waals surface area (Å²) in [5.74, 6) is -1.24. The average Bonchev–Trinajstić information content (AvgIpc) is 3.19. The highest BCUT2D eigenvalue weighted by molar-refractivity contribution is 6.10. The van der Waals surface area contributed by atoms with Crippen molar-refractivity contribution in [3.8, 4) is 22.3 Å². The maximum atomic E-state index is 13.0. The molecule has 0 N–H and O–H groups in total. The molecule has 6 nitrogen and oxygen atoms in total. The summed E-state index contributed by atoms with van der Waals surface area (Å²) in [6, 6.07) is 47.6. The molecular formula is C44H34O6. The first kappa shape index (κ1) is 33.5. The molecule has 246 valence electrons. The third-order valence-electron chi connectivity index (χ3n) is 8.28. The van der Waals surface area contributed by atoms with Crippen molar-refractivity contribution in [2.45, 2.75) is 12.8 Å². The van der Waals surface area contributed by atoms with E-state index in [-0.39, 0.29) is 24.8 Å². The van der Waals surface area contributed by atoms with Gasteiger partial charge in [-0.25, -0.2) is 9.59 Å². The monoisotopic (exact) mass is 658 g/mol. The van der Waals surface area contributed by atoms with Gasteiger partial charge in [-0.15, -0.1) is 0 Å². The quantitative estimate of drug-likeness (QED) is 0.0699. The number of esters is 2. The van der Waals surface area contributed by atoms with E-state index >= 15 is 0 Å². The van der Waals surface area contributed by atoms with Crippen LogP contribution in [0.15, 0.2) is 158 Å². The van der Waals surface area contributed by atoms with Gasteiger partial charge in [0, 0.05) is 22.3 Å². The fourth-order valence-electron chi connectivity index (χ4n) is 5.44. The summed E-state index contributed by atoms with van der Waals surface area (Å²) in [7, 11) is 0. The highest BCUT2D eigenvalue weighted by atomic mass is 16.5. The summed E-state index contributed by atoms with van der Waals surface area (Å²) >= 11 is 0. The van der Waals surface area contributed by atoms with E-state index in [2.05, 4.69) is 0 Å². The molecule has 6 aromatic carbocycles. The van der Waals surface area contributed by atoms with Gasteiger partial charge in [0.1, 0.15) is 0 Å². The van der Waals surface area contributed by atoms with Gasteiger partial charge in [-0.05, 0) is 59.4 Å². The molecule has 0 unspecified atom stereocenters. The number of ether oxygens (including phenoxy) is 2. The van der Waals surface area contributed by atoms with Crippen LogP contribution in [0.4, 0.5) is 0 Å². The first-order valence-corrected chi connectivity index (χ1v) is 16.4. The van der Waals surface area contributed by atoms with Crippen LogP contribution in [0.2, 0.25) is 0 Å². The highest BCUT2D eigenvalue weighted by Crippen LogP contribution is 2.22. The molecule has 50 heavy (non-hydrogen) atoms. The number of rotatable bonds is 13. The average molecular weight is 659 g/mol. The van der Waals surface area contributed by atoms with E-state index in [0.29, 0.717) is 46.2 Å². The smallest absolute Gasteiger partial charge is 0.338 e. The van der Waals surface area contributed by atoms with Crippen LogP contribution in [0.1, 0.15) is 65.4 Å². The predicted molar refractivity (Wildman–Crippen MR) is 193 cm³/mol. The van der Waals surface area contributed by atoms with Crippen molar-refractivity contribution in [1.82, 2.24) is 0 Å². The summed E-state index contributed by atoms with van der Waals surface area (Å²) in [6.45, 7) is 0.321. The van der Waals surface area contributed by atoms with Crippen molar-refractivity contribution < 1.29 is 28.7 Å². The van der Waals surface area contributed by atoms with E-state index in [4.69, 9.17) is 9.47 Å². The number of carbonyl (C=O) groups excluding carboxylic acids is 4. The summed E-state index contributed by atoms with van der Waals surface area (Å²) < 4.78 is 10.7. The zero-order valence-electron chi connectivity index (χ0n) is 27.3. The molecule has 0 fully saturated rings. The molecule has 0 saturated carbocycles. The first-order chi connectivity index (χ1) is 24.5. The fraction of sp³-hybridized carbons (Fsp3) is 0.0909. The molecule has 0 aliphatic heterocycles. The van der Waals surface area contributed by atoms with Gasteiger partial charge < -0.3 is 9.47 Å². The number of benzene rings is 6. The highest BCUT2D eigenvalue weighted by Gasteiger charge is 2.14. The van der Waals surface area contributed by atoms with Crippen LogP contribution in [0.5, 0.6) is 0 Å². The molecule has 0 spiro atoms. The largest absolute Gasteiger partial charge is 0.462 e. The van der Waals surface area contributed by atoms with Crippen LogP contribution >= 0.6 is 0 Å². The Bertz CT molecular complexity index is 1910. The molecule has 6 aromatic rings. The zero-order valence-corrected chi connectivity index (χ0v) is 27.3. The normalized spacial score (nSPS) is 10.6. The molecule has 0 heterocycles. The molecule has 0 aliphatic carbocycles. The minimum Gasteiger partial charge on any atom is -0.462 e. The van der Waals surface area contributed by atoms with Gasteiger partial charge in [-0.1, -0.05) is 133 Å². The molecule has 0 bridgehead atoms. The van der Waals surface area contributed by atoms with Crippen LogP contribution < -0.4 is 0 Å². The molecule has 0 saturated heterocycles. The molecule has 0 aromatic heterocycles. The van der Waals surface area contributed by atoms with Crippen LogP contribution in [-0.2, 0) is 9.47 Å². The van der Waals surface area contributed by atoms with Crippen molar-refractivity contribution >= 4 is 23.5 Å². The van der Waals surface area contributed by atoms with E-state index in [1.54, 1.807) is 72.8 Å². The Morgan fingerprint density at radius 2 is 0.580 bits per heavy atom. The van der Waals surface area contributed by atoms with Gasteiger partial charge in [0.15, 0.2) is 11.6 Å². The van der Waals surface area contributed by atoms with Gasteiger partial charge >= 0.3 is 11.9 Å². The Hall–Kier alpha value is -6.40.